The Bertz CT molecular complexity index is 406. The first-order chi connectivity index (χ1) is 8.06. The van der Waals surface area contributed by atoms with E-state index in [0.29, 0.717) is 5.41 Å². The van der Waals surface area contributed by atoms with Crippen LogP contribution in [0.4, 0.5) is 0 Å². The van der Waals surface area contributed by atoms with Gasteiger partial charge in [-0.2, -0.15) is 0 Å². The van der Waals surface area contributed by atoms with Crippen LogP contribution in [0.2, 0.25) is 0 Å². The lowest BCUT2D eigenvalue weighted by Gasteiger charge is -2.15. The van der Waals surface area contributed by atoms with Crippen molar-refractivity contribution in [3.8, 4) is 0 Å². The molecule has 1 aliphatic carbocycles. The number of aryl methyl sites for hydroxylation is 3. The van der Waals surface area contributed by atoms with E-state index < -0.39 is 0 Å². The lowest BCUT2D eigenvalue weighted by atomic mass is 10.0. The fourth-order valence-corrected chi connectivity index (χ4v) is 2.30. The van der Waals surface area contributed by atoms with E-state index in [1.807, 2.05) is 0 Å². The van der Waals surface area contributed by atoms with E-state index >= 15 is 0 Å². The van der Waals surface area contributed by atoms with Crippen LogP contribution >= 0.6 is 0 Å². The van der Waals surface area contributed by atoms with E-state index in [9.17, 15) is 0 Å². The smallest absolute Gasteiger partial charge is 0.0208 e. The highest BCUT2D eigenvalue weighted by atomic mass is 14.9. The number of nitrogens with two attached hydrogens (primary N) is 1. The van der Waals surface area contributed by atoms with Gasteiger partial charge in [0.25, 0.3) is 0 Å². The highest BCUT2D eigenvalue weighted by Gasteiger charge is 2.40. The zero-order valence-corrected chi connectivity index (χ0v) is 11.3. The predicted molar refractivity (Wildman–Crippen MR) is 73.1 cm³/mol. The zero-order valence-electron chi connectivity index (χ0n) is 11.3. The summed E-state index contributed by atoms with van der Waals surface area (Å²) in [5.41, 5.74) is 11.8. The number of benzene rings is 1. The molecule has 1 saturated carbocycles. The molecule has 1 aromatic carbocycles. The van der Waals surface area contributed by atoms with Crippen LogP contribution in [-0.2, 0) is 6.54 Å². The minimum atomic E-state index is 0.424. The fraction of sp³-hybridized carbons (Fsp3) is 0.600. The summed E-state index contributed by atoms with van der Waals surface area (Å²) < 4.78 is 0. The van der Waals surface area contributed by atoms with Crippen LogP contribution < -0.4 is 11.1 Å². The topological polar surface area (TPSA) is 38.0 Å². The van der Waals surface area contributed by atoms with E-state index in [4.69, 9.17) is 5.73 Å². The van der Waals surface area contributed by atoms with Gasteiger partial charge in [-0.25, -0.2) is 0 Å². The van der Waals surface area contributed by atoms with Crippen molar-refractivity contribution >= 4 is 0 Å². The molecule has 0 aliphatic heterocycles. The molecule has 2 heteroatoms. The van der Waals surface area contributed by atoms with Gasteiger partial charge in [0.2, 0.25) is 0 Å². The summed E-state index contributed by atoms with van der Waals surface area (Å²) in [7, 11) is 0. The summed E-state index contributed by atoms with van der Waals surface area (Å²) in [6.45, 7) is 9.41. The van der Waals surface area contributed by atoms with Gasteiger partial charge in [0, 0.05) is 13.1 Å². The molecule has 0 bridgehead atoms. The number of rotatable bonds is 5. The second-order valence-electron chi connectivity index (χ2n) is 5.67. The second kappa shape index (κ2) is 4.79. The summed E-state index contributed by atoms with van der Waals surface area (Å²) in [5.74, 6) is 0. The van der Waals surface area contributed by atoms with Crippen molar-refractivity contribution in [1.29, 1.82) is 0 Å². The molecule has 2 nitrogen and oxygen atoms in total. The molecule has 0 atom stereocenters. The van der Waals surface area contributed by atoms with Crippen molar-refractivity contribution in [2.24, 2.45) is 11.1 Å². The Labute approximate surface area is 105 Å². The maximum atomic E-state index is 5.78. The van der Waals surface area contributed by atoms with Crippen LogP contribution in [0, 0.1) is 26.2 Å². The van der Waals surface area contributed by atoms with Gasteiger partial charge in [0.15, 0.2) is 0 Å². The molecule has 0 aromatic heterocycles. The van der Waals surface area contributed by atoms with Gasteiger partial charge in [-0.15, -0.1) is 0 Å². The Balaban J connectivity index is 1.93. The van der Waals surface area contributed by atoms with Gasteiger partial charge in [-0.3, -0.25) is 0 Å². The van der Waals surface area contributed by atoms with Crippen molar-refractivity contribution in [1.82, 2.24) is 5.32 Å². The van der Waals surface area contributed by atoms with Gasteiger partial charge in [0.05, 0.1) is 0 Å². The molecule has 0 unspecified atom stereocenters. The third-order valence-electron chi connectivity index (χ3n) is 4.16. The third kappa shape index (κ3) is 2.88. The molecule has 0 amide bonds. The Kier molecular flexibility index (Phi) is 3.55. The van der Waals surface area contributed by atoms with E-state index in [1.165, 1.54) is 35.1 Å². The maximum absolute atomic E-state index is 5.78. The first kappa shape index (κ1) is 12.6. The highest BCUT2D eigenvalue weighted by Crippen LogP contribution is 2.43. The van der Waals surface area contributed by atoms with E-state index in [1.54, 1.807) is 0 Å². The summed E-state index contributed by atoms with van der Waals surface area (Å²) in [6, 6.07) is 4.59. The summed E-state index contributed by atoms with van der Waals surface area (Å²) in [6.07, 6.45) is 2.59. The summed E-state index contributed by atoms with van der Waals surface area (Å²) >= 11 is 0. The van der Waals surface area contributed by atoms with Gasteiger partial charge in [-0.1, -0.05) is 12.1 Å². The van der Waals surface area contributed by atoms with Crippen LogP contribution in [-0.4, -0.2) is 13.1 Å². The fourth-order valence-electron chi connectivity index (χ4n) is 2.30. The second-order valence-corrected chi connectivity index (χ2v) is 5.67. The molecule has 1 aromatic rings. The first-order valence-corrected chi connectivity index (χ1v) is 6.54. The van der Waals surface area contributed by atoms with Gasteiger partial charge >= 0.3 is 0 Å². The Morgan fingerprint density at radius 3 is 2.35 bits per heavy atom. The van der Waals surface area contributed by atoms with Crippen LogP contribution in [0.5, 0.6) is 0 Å². The lowest BCUT2D eigenvalue weighted by molar-refractivity contribution is 0.467. The number of hydrogen-bond acceptors (Lipinski definition) is 2. The van der Waals surface area contributed by atoms with Crippen molar-refractivity contribution < 1.29 is 0 Å². The number of nitrogens with one attached hydrogen (secondary N) is 1. The molecule has 2 rings (SSSR count). The van der Waals surface area contributed by atoms with Crippen molar-refractivity contribution in [3.05, 3.63) is 34.4 Å². The molecule has 0 radical (unpaired) electrons. The number of hydrogen-bond donors (Lipinski definition) is 2. The highest BCUT2D eigenvalue weighted by molar-refractivity contribution is 5.36. The average molecular weight is 232 g/mol. The van der Waals surface area contributed by atoms with Gasteiger partial charge < -0.3 is 11.1 Å². The molecule has 1 aliphatic rings. The molecule has 1 fully saturated rings. The van der Waals surface area contributed by atoms with Crippen molar-refractivity contribution in [3.63, 3.8) is 0 Å². The Morgan fingerprint density at radius 2 is 1.76 bits per heavy atom. The molecule has 0 heterocycles. The SMILES string of the molecule is Cc1cc(C)c(CNCC2(CN)CC2)cc1C. The molecule has 0 spiro atoms. The molecule has 3 N–H and O–H groups in total. The Morgan fingerprint density at radius 1 is 1.12 bits per heavy atom. The standard InChI is InChI=1S/C15H24N2/c1-11-6-13(3)14(7-12(11)2)8-17-10-15(9-16)4-5-15/h6-7,17H,4-5,8-10,16H2,1-3H3. The monoisotopic (exact) mass is 232 g/mol. The molecule has 17 heavy (non-hydrogen) atoms. The molecule has 0 saturated heterocycles. The maximum Gasteiger partial charge on any atom is 0.0208 e. The van der Waals surface area contributed by atoms with Crippen LogP contribution in [0.1, 0.15) is 35.1 Å². The van der Waals surface area contributed by atoms with Crippen molar-refractivity contribution in [2.75, 3.05) is 13.1 Å². The van der Waals surface area contributed by atoms with Gasteiger partial charge in [-0.05, 0) is 67.8 Å². The average Bonchev–Trinajstić information content (AvgIpc) is 3.06. The first-order valence-electron chi connectivity index (χ1n) is 6.54. The van der Waals surface area contributed by atoms with Gasteiger partial charge in [0.1, 0.15) is 0 Å². The Hall–Kier alpha value is -0.860. The van der Waals surface area contributed by atoms with Crippen LogP contribution in [0.15, 0.2) is 12.1 Å². The quantitative estimate of drug-likeness (QED) is 0.818. The summed E-state index contributed by atoms with van der Waals surface area (Å²) in [5, 5.41) is 3.56. The normalized spacial score (nSPS) is 17.2. The molecular formula is C15H24N2. The minimum absolute atomic E-state index is 0.424. The third-order valence-corrected chi connectivity index (χ3v) is 4.16. The minimum Gasteiger partial charge on any atom is -0.330 e. The van der Waals surface area contributed by atoms with Crippen LogP contribution in [0.3, 0.4) is 0 Å². The summed E-state index contributed by atoms with van der Waals surface area (Å²) in [4.78, 5) is 0. The van der Waals surface area contributed by atoms with E-state index in [2.05, 4.69) is 38.2 Å². The largest absolute Gasteiger partial charge is 0.330 e. The predicted octanol–water partition coefficient (Wildman–Crippen LogP) is 2.44. The molecular weight excluding hydrogens is 208 g/mol. The van der Waals surface area contributed by atoms with Crippen molar-refractivity contribution in [2.45, 2.75) is 40.2 Å². The van der Waals surface area contributed by atoms with E-state index in [0.717, 1.165) is 19.6 Å². The van der Waals surface area contributed by atoms with Crippen LogP contribution in [0.25, 0.3) is 0 Å². The molecule has 94 valence electrons. The lowest BCUT2D eigenvalue weighted by Crippen LogP contribution is -2.29. The van der Waals surface area contributed by atoms with E-state index in [-0.39, 0.29) is 0 Å². The zero-order chi connectivity index (χ0) is 12.5.